The lowest BCUT2D eigenvalue weighted by Crippen LogP contribution is -2.22. The average molecular weight is 464 g/mol. The summed E-state index contributed by atoms with van der Waals surface area (Å²) >= 11 is 1.57. The number of carboxylic acid groups (broad SMARTS) is 1. The Morgan fingerprint density at radius 1 is 1.06 bits per heavy atom. The van der Waals surface area contributed by atoms with Crippen LogP contribution in [0.5, 0.6) is 0 Å². The molecule has 0 saturated carbocycles. The van der Waals surface area contributed by atoms with E-state index in [1.807, 2.05) is 45.9 Å². The van der Waals surface area contributed by atoms with E-state index in [0.29, 0.717) is 17.1 Å². The molecule has 1 aromatic heterocycles. The summed E-state index contributed by atoms with van der Waals surface area (Å²) in [6.07, 6.45) is -4.34. The Morgan fingerprint density at radius 3 is 2.28 bits per heavy atom. The Morgan fingerprint density at radius 2 is 1.72 bits per heavy atom. The van der Waals surface area contributed by atoms with Crippen LogP contribution >= 0.6 is 11.8 Å². The van der Waals surface area contributed by atoms with Gasteiger partial charge in [-0.15, -0.1) is 11.8 Å². The minimum atomic E-state index is -4.38. The number of carbonyl (C=O) groups is 1. The lowest BCUT2D eigenvalue weighted by atomic mass is 9.79. The van der Waals surface area contributed by atoms with E-state index in [1.165, 1.54) is 16.9 Å². The van der Waals surface area contributed by atoms with Crippen LogP contribution in [0.2, 0.25) is 0 Å². The number of aliphatic carboxylic acids is 1. The van der Waals surface area contributed by atoms with Crippen LogP contribution < -0.4 is 0 Å². The number of aromatic nitrogens is 3. The minimum Gasteiger partial charge on any atom is -0.481 e. The van der Waals surface area contributed by atoms with Gasteiger partial charge in [-0.1, -0.05) is 19.9 Å². The molecule has 0 amide bonds. The molecule has 5 nitrogen and oxygen atoms in total. The van der Waals surface area contributed by atoms with E-state index in [9.17, 15) is 18.0 Å². The average Bonchev–Trinajstić information content (AvgIpc) is 3.05. The van der Waals surface area contributed by atoms with Gasteiger partial charge in [-0.3, -0.25) is 4.79 Å². The van der Waals surface area contributed by atoms with E-state index in [0.717, 1.165) is 33.8 Å². The zero-order chi connectivity index (χ0) is 23.7. The highest BCUT2D eigenvalue weighted by molar-refractivity contribution is 7.98. The van der Waals surface area contributed by atoms with Crippen LogP contribution in [0, 0.1) is 13.8 Å². The molecule has 0 aliphatic rings. The molecule has 32 heavy (non-hydrogen) atoms. The molecule has 0 bridgehead atoms. The van der Waals surface area contributed by atoms with Gasteiger partial charge in [0.2, 0.25) is 0 Å². The van der Waals surface area contributed by atoms with E-state index in [2.05, 4.69) is 10.2 Å². The monoisotopic (exact) mass is 463 g/mol. The van der Waals surface area contributed by atoms with Gasteiger partial charge in [-0.25, -0.2) is 0 Å². The third-order valence-corrected chi connectivity index (χ3v) is 6.20. The molecule has 2 aromatic carbocycles. The lowest BCUT2D eigenvalue weighted by Gasteiger charge is -2.25. The highest BCUT2D eigenvalue weighted by Gasteiger charge is 2.30. The van der Waals surface area contributed by atoms with Gasteiger partial charge in [0.15, 0.2) is 0 Å². The summed E-state index contributed by atoms with van der Waals surface area (Å²) in [6, 6.07) is 10.7. The van der Waals surface area contributed by atoms with Crippen molar-refractivity contribution >= 4 is 17.7 Å². The number of alkyl halides is 3. The van der Waals surface area contributed by atoms with Crippen LogP contribution in [0.1, 0.15) is 48.3 Å². The van der Waals surface area contributed by atoms with Crippen molar-refractivity contribution in [2.24, 2.45) is 0 Å². The summed E-state index contributed by atoms with van der Waals surface area (Å²) in [7, 11) is 0. The maximum absolute atomic E-state index is 12.8. The van der Waals surface area contributed by atoms with Gasteiger partial charge in [0.25, 0.3) is 0 Å². The number of hydrogen-bond donors (Lipinski definition) is 1. The summed E-state index contributed by atoms with van der Waals surface area (Å²) in [5.41, 5.74) is 2.72. The number of thioether (sulfide) groups is 1. The third kappa shape index (κ3) is 5.51. The summed E-state index contributed by atoms with van der Waals surface area (Å²) in [6.45, 7) is 7.61. The van der Waals surface area contributed by atoms with Crippen molar-refractivity contribution in [3.05, 3.63) is 70.5 Å². The van der Waals surface area contributed by atoms with Crippen molar-refractivity contribution in [1.29, 1.82) is 0 Å². The number of aryl methyl sites for hydroxylation is 2. The van der Waals surface area contributed by atoms with E-state index in [1.54, 1.807) is 11.8 Å². The number of benzene rings is 2. The van der Waals surface area contributed by atoms with E-state index in [4.69, 9.17) is 5.11 Å². The summed E-state index contributed by atoms with van der Waals surface area (Å²) in [5, 5.41) is 17.9. The molecule has 0 atom stereocenters. The maximum atomic E-state index is 12.8. The molecule has 0 fully saturated rings. The first-order valence-electron chi connectivity index (χ1n) is 9.93. The fourth-order valence-corrected chi connectivity index (χ4v) is 4.55. The van der Waals surface area contributed by atoms with Gasteiger partial charge in [0, 0.05) is 16.1 Å². The molecule has 1 heterocycles. The van der Waals surface area contributed by atoms with Crippen LogP contribution in [0.3, 0.4) is 0 Å². The minimum absolute atomic E-state index is 0.0482. The second-order valence-electron chi connectivity index (χ2n) is 8.29. The van der Waals surface area contributed by atoms with Gasteiger partial charge in [-0.05, 0) is 61.4 Å². The van der Waals surface area contributed by atoms with Crippen molar-refractivity contribution in [2.45, 2.75) is 56.4 Å². The molecule has 0 spiro atoms. The van der Waals surface area contributed by atoms with Crippen molar-refractivity contribution in [3.63, 3.8) is 0 Å². The first-order valence-corrected chi connectivity index (χ1v) is 10.9. The third-order valence-electron chi connectivity index (χ3n) is 5.20. The molecular weight excluding hydrogens is 439 g/mol. The molecule has 0 saturated heterocycles. The Labute approximate surface area is 188 Å². The molecule has 0 aliphatic heterocycles. The Bertz CT molecular complexity index is 1120. The molecule has 3 rings (SSSR count). The van der Waals surface area contributed by atoms with Crippen molar-refractivity contribution in [2.75, 3.05) is 0 Å². The molecule has 3 aromatic rings. The normalized spacial score (nSPS) is 12.2. The summed E-state index contributed by atoms with van der Waals surface area (Å²) < 4.78 is 38.3. The zero-order valence-electron chi connectivity index (χ0n) is 18.2. The Kier molecular flexibility index (Phi) is 6.69. The fraction of sp³-hybridized carbons (Fsp3) is 0.348. The quantitative estimate of drug-likeness (QED) is 0.439. The van der Waals surface area contributed by atoms with Crippen LogP contribution in [0.15, 0.2) is 47.4 Å². The van der Waals surface area contributed by atoms with Crippen LogP contribution in [-0.4, -0.2) is 26.1 Å². The second kappa shape index (κ2) is 8.97. The number of hydrogen-bond acceptors (Lipinski definition) is 4. The van der Waals surface area contributed by atoms with Crippen LogP contribution in [0.4, 0.5) is 13.2 Å². The van der Waals surface area contributed by atoms with Gasteiger partial charge in [-0.2, -0.15) is 28.2 Å². The largest absolute Gasteiger partial charge is 0.481 e. The Balaban J connectivity index is 1.72. The summed E-state index contributed by atoms with van der Waals surface area (Å²) in [4.78, 5) is 13.5. The van der Waals surface area contributed by atoms with Crippen LogP contribution in [0.25, 0.3) is 5.69 Å². The fourth-order valence-electron chi connectivity index (χ4n) is 3.55. The number of carboxylic acids is 1. The van der Waals surface area contributed by atoms with E-state index >= 15 is 0 Å². The number of halogens is 3. The zero-order valence-corrected chi connectivity index (χ0v) is 19.0. The molecule has 0 aliphatic carbocycles. The van der Waals surface area contributed by atoms with Crippen molar-refractivity contribution in [3.8, 4) is 5.69 Å². The predicted molar refractivity (Wildman–Crippen MR) is 117 cm³/mol. The summed E-state index contributed by atoms with van der Waals surface area (Å²) in [5.74, 6) is -0.288. The second-order valence-corrected chi connectivity index (χ2v) is 9.33. The Hall–Kier alpha value is -2.81. The highest BCUT2D eigenvalue weighted by atomic mass is 32.2. The van der Waals surface area contributed by atoms with Gasteiger partial charge in [0.1, 0.15) is 0 Å². The van der Waals surface area contributed by atoms with Gasteiger partial charge in [0.05, 0.1) is 29.1 Å². The van der Waals surface area contributed by atoms with Crippen molar-refractivity contribution < 1.29 is 23.1 Å². The van der Waals surface area contributed by atoms with Crippen molar-refractivity contribution in [1.82, 2.24) is 15.0 Å². The van der Waals surface area contributed by atoms with E-state index < -0.39 is 23.1 Å². The SMILES string of the molecule is Cc1cc(SCc2nn(-c3ccc(C(F)(F)F)cc3)nc2C)ccc1C(C)(C)CC(=O)O. The van der Waals surface area contributed by atoms with E-state index in [-0.39, 0.29) is 6.42 Å². The molecule has 9 heteroatoms. The first-order chi connectivity index (χ1) is 14.9. The first kappa shape index (κ1) is 23.8. The predicted octanol–water partition coefficient (Wildman–Crippen LogP) is 5.95. The maximum Gasteiger partial charge on any atom is 0.416 e. The molecule has 0 unspecified atom stereocenters. The number of nitrogens with zero attached hydrogens (tertiary/aromatic N) is 3. The highest BCUT2D eigenvalue weighted by Crippen LogP contribution is 2.33. The van der Waals surface area contributed by atoms with Gasteiger partial charge >= 0.3 is 12.1 Å². The molecule has 170 valence electrons. The molecule has 0 radical (unpaired) electrons. The molecule has 1 N–H and O–H groups in total. The standard InChI is InChI=1S/C23H24F3N3O2S/c1-14-11-18(9-10-19(14)22(3,4)12-21(30)31)32-13-20-15(2)27-29(28-20)17-7-5-16(6-8-17)23(24,25)26/h5-11H,12-13H2,1-4H3,(H,30,31). The van der Waals surface area contributed by atoms with Gasteiger partial charge < -0.3 is 5.11 Å². The lowest BCUT2D eigenvalue weighted by molar-refractivity contribution is -0.138. The topological polar surface area (TPSA) is 68.0 Å². The number of rotatable bonds is 7. The molecular formula is C23H24F3N3O2S. The smallest absolute Gasteiger partial charge is 0.416 e. The van der Waals surface area contributed by atoms with Crippen LogP contribution in [-0.2, 0) is 22.1 Å².